The standard InChI is InChI=1S/C22H31N5O2/c1-22(2,3)29-21(28)27-19(17-10-6-5-7-11-17)16-26-20(23-4)25-15-13-18-12-8-9-14-24-18/h5-12,14,19H,13,15-16H2,1-4H3,(H,27,28)(H2,23,25,26). The number of benzene rings is 1. The third-order valence-electron chi connectivity index (χ3n) is 3.99. The Hall–Kier alpha value is -3.09. The molecule has 2 aromatic rings. The van der Waals surface area contributed by atoms with Crippen molar-refractivity contribution < 1.29 is 9.53 Å². The van der Waals surface area contributed by atoms with Crippen LogP contribution in [0.4, 0.5) is 4.79 Å². The first-order valence-corrected chi connectivity index (χ1v) is 9.76. The molecule has 156 valence electrons. The lowest BCUT2D eigenvalue weighted by atomic mass is 10.1. The van der Waals surface area contributed by atoms with Crippen LogP contribution in [0.5, 0.6) is 0 Å². The van der Waals surface area contributed by atoms with Crippen molar-refractivity contribution in [1.82, 2.24) is 20.9 Å². The number of aromatic nitrogens is 1. The van der Waals surface area contributed by atoms with E-state index in [1.807, 2.05) is 69.3 Å². The molecule has 1 unspecified atom stereocenters. The summed E-state index contributed by atoms with van der Waals surface area (Å²) in [5, 5.41) is 9.48. The summed E-state index contributed by atoms with van der Waals surface area (Å²) >= 11 is 0. The van der Waals surface area contributed by atoms with Crippen LogP contribution in [-0.4, -0.2) is 42.8 Å². The van der Waals surface area contributed by atoms with Gasteiger partial charge in [0.25, 0.3) is 0 Å². The van der Waals surface area contributed by atoms with Crippen LogP contribution in [-0.2, 0) is 11.2 Å². The van der Waals surface area contributed by atoms with Crippen LogP contribution in [0.2, 0.25) is 0 Å². The van der Waals surface area contributed by atoms with Crippen molar-refractivity contribution in [2.24, 2.45) is 4.99 Å². The molecule has 7 heteroatoms. The van der Waals surface area contributed by atoms with Crippen molar-refractivity contribution in [2.75, 3.05) is 20.1 Å². The zero-order chi connectivity index (χ0) is 21.1. The summed E-state index contributed by atoms with van der Waals surface area (Å²) in [6.45, 7) is 6.69. The molecule has 0 aliphatic rings. The number of amides is 1. The summed E-state index contributed by atoms with van der Waals surface area (Å²) in [4.78, 5) is 20.8. The summed E-state index contributed by atoms with van der Waals surface area (Å²) in [6.07, 6.45) is 2.13. The fourth-order valence-electron chi connectivity index (χ4n) is 2.66. The number of alkyl carbamates (subject to hydrolysis) is 1. The molecule has 2 rings (SSSR count). The summed E-state index contributed by atoms with van der Waals surface area (Å²) in [7, 11) is 1.72. The summed E-state index contributed by atoms with van der Waals surface area (Å²) in [5.41, 5.74) is 1.45. The molecule has 1 amide bonds. The van der Waals surface area contributed by atoms with Gasteiger partial charge in [0.1, 0.15) is 5.60 Å². The molecule has 1 aromatic carbocycles. The van der Waals surface area contributed by atoms with Gasteiger partial charge in [-0.1, -0.05) is 36.4 Å². The van der Waals surface area contributed by atoms with E-state index in [0.29, 0.717) is 19.0 Å². The largest absolute Gasteiger partial charge is 0.444 e. The SMILES string of the molecule is CN=C(NCCc1ccccn1)NCC(NC(=O)OC(C)(C)C)c1ccccc1. The fourth-order valence-corrected chi connectivity index (χ4v) is 2.66. The average Bonchev–Trinajstić information content (AvgIpc) is 2.69. The van der Waals surface area contributed by atoms with Crippen LogP contribution >= 0.6 is 0 Å². The number of guanidine groups is 1. The van der Waals surface area contributed by atoms with Crippen LogP contribution in [0, 0.1) is 0 Å². The highest BCUT2D eigenvalue weighted by atomic mass is 16.6. The Balaban J connectivity index is 1.92. The summed E-state index contributed by atoms with van der Waals surface area (Å²) in [6, 6.07) is 15.4. The van der Waals surface area contributed by atoms with Gasteiger partial charge in [-0.3, -0.25) is 9.98 Å². The Bertz CT molecular complexity index is 773. The number of hydrogen-bond acceptors (Lipinski definition) is 4. The minimum Gasteiger partial charge on any atom is -0.444 e. The van der Waals surface area contributed by atoms with Crippen LogP contribution in [0.25, 0.3) is 0 Å². The maximum atomic E-state index is 12.3. The van der Waals surface area contributed by atoms with E-state index < -0.39 is 11.7 Å². The van der Waals surface area contributed by atoms with E-state index >= 15 is 0 Å². The summed E-state index contributed by atoms with van der Waals surface area (Å²) < 4.78 is 5.41. The van der Waals surface area contributed by atoms with Crippen LogP contribution in [0.1, 0.15) is 38.1 Å². The zero-order valence-corrected chi connectivity index (χ0v) is 17.6. The van der Waals surface area contributed by atoms with E-state index in [2.05, 4.69) is 25.9 Å². The molecule has 3 N–H and O–H groups in total. The van der Waals surface area contributed by atoms with Gasteiger partial charge in [0.05, 0.1) is 6.04 Å². The molecule has 0 radical (unpaired) electrons. The molecule has 0 spiro atoms. The van der Waals surface area contributed by atoms with E-state index in [-0.39, 0.29) is 6.04 Å². The van der Waals surface area contributed by atoms with Gasteiger partial charge in [-0.15, -0.1) is 0 Å². The smallest absolute Gasteiger partial charge is 0.408 e. The second-order valence-corrected chi connectivity index (χ2v) is 7.56. The van der Waals surface area contributed by atoms with Crippen LogP contribution in [0.3, 0.4) is 0 Å². The third-order valence-corrected chi connectivity index (χ3v) is 3.99. The van der Waals surface area contributed by atoms with Crippen molar-refractivity contribution in [3.05, 3.63) is 66.0 Å². The van der Waals surface area contributed by atoms with E-state index in [1.165, 1.54) is 0 Å². The monoisotopic (exact) mass is 397 g/mol. The number of carbonyl (C=O) groups excluding carboxylic acids is 1. The number of nitrogens with zero attached hydrogens (tertiary/aromatic N) is 2. The molecule has 1 atom stereocenters. The quantitative estimate of drug-likeness (QED) is 0.494. The topological polar surface area (TPSA) is 87.6 Å². The van der Waals surface area contributed by atoms with E-state index in [4.69, 9.17) is 4.74 Å². The van der Waals surface area contributed by atoms with Gasteiger partial charge in [0.2, 0.25) is 0 Å². The van der Waals surface area contributed by atoms with E-state index in [0.717, 1.165) is 17.7 Å². The Morgan fingerprint density at radius 2 is 1.83 bits per heavy atom. The molecule has 7 nitrogen and oxygen atoms in total. The second-order valence-electron chi connectivity index (χ2n) is 7.56. The number of pyridine rings is 1. The molecule has 0 aliphatic carbocycles. The highest BCUT2D eigenvalue weighted by Crippen LogP contribution is 2.14. The number of aliphatic imine (C=N–C) groups is 1. The van der Waals surface area contributed by atoms with Crippen molar-refractivity contribution >= 4 is 12.1 Å². The lowest BCUT2D eigenvalue weighted by Gasteiger charge is -2.24. The van der Waals surface area contributed by atoms with Gasteiger partial charge >= 0.3 is 6.09 Å². The molecule has 0 saturated heterocycles. The van der Waals surface area contributed by atoms with Gasteiger partial charge in [-0.2, -0.15) is 0 Å². The number of hydrogen-bond donors (Lipinski definition) is 3. The molecular formula is C22H31N5O2. The summed E-state index contributed by atoms with van der Waals surface area (Å²) in [5.74, 6) is 0.660. The van der Waals surface area contributed by atoms with Gasteiger partial charge in [0.15, 0.2) is 5.96 Å². The predicted octanol–water partition coefficient (Wildman–Crippen LogP) is 3.06. The first-order valence-electron chi connectivity index (χ1n) is 9.76. The van der Waals surface area contributed by atoms with Gasteiger partial charge < -0.3 is 20.7 Å². The minimum absolute atomic E-state index is 0.264. The van der Waals surface area contributed by atoms with Gasteiger partial charge in [0, 0.05) is 38.4 Å². The average molecular weight is 398 g/mol. The van der Waals surface area contributed by atoms with Gasteiger partial charge in [-0.05, 0) is 38.5 Å². The minimum atomic E-state index is -0.554. The van der Waals surface area contributed by atoms with E-state index in [1.54, 1.807) is 13.2 Å². The van der Waals surface area contributed by atoms with Gasteiger partial charge in [-0.25, -0.2) is 4.79 Å². The third kappa shape index (κ3) is 8.64. The number of rotatable bonds is 7. The zero-order valence-electron chi connectivity index (χ0n) is 17.6. The molecule has 0 aliphatic heterocycles. The Kier molecular flexibility index (Phi) is 8.45. The Morgan fingerprint density at radius 3 is 2.45 bits per heavy atom. The fraction of sp³-hybridized carbons (Fsp3) is 0.409. The Morgan fingerprint density at radius 1 is 1.10 bits per heavy atom. The molecule has 29 heavy (non-hydrogen) atoms. The lowest BCUT2D eigenvalue weighted by molar-refractivity contribution is 0.0504. The lowest BCUT2D eigenvalue weighted by Crippen LogP contribution is -2.44. The first-order chi connectivity index (χ1) is 13.9. The molecule has 1 heterocycles. The molecule has 1 aromatic heterocycles. The van der Waals surface area contributed by atoms with Crippen LogP contribution < -0.4 is 16.0 Å². The highest BCUT2D eigenvalue weighted by molar-refractivity contribution is 5.79. The molecule has 0 bridgehead atoms. The second kappa shape index (κ2) is 11.0. The van der Waals surface area contributed by atoms with Crippen molar-refractivity contribution in [2.45, 2.75) is 38.8 Å². The molecule has 0 saturated carbocycles. The highest BCUT2D eigenvalue weighted by Gasteiger charge is 2.20. The number of carbonyl (C=O) groups is 1. The number of ether oxygens (including phenoxy) is 1. The number of nitrogens with one attached hydrogen (secondary N) is 3. The Labute approximate surface area is 173 Å². The molecule has 0 fully saturated rings. The van der Waals surface area contributed by atoms with Crippen molar-refractivity contribution in [1.29, 1.82) is 0 Å². The maximum absolute atomic E-state index is 12.3. The maximum Gasteiger partial charge on any atom is 0.408 e. The van der Waals surface area contributed by atoms with Crippen LogP contribution in [0.15, 0.2) is 59.7 Å². The van der Waals surface area contributed by atoms with Crippen molar-refractivity contribution in [3.63, 3.8) is 0 Å². The molecular weight excluding hydrogens is 366 g/mol. The first kappa shape index (κ1) is 22.2. The predicted molar refractivity (Wildman–Crippen MR) is 116 cm³/mol. The van der Waals surface area contributed by atoms with E-state index in [9.17, 15) is 4.79 Å². The normalized spacial score (nSPS) is 12.8. The van der Waals surface area contributed by atoms with Crippen molar-refractivity contribution in [3.8, 4) is 0 Å².